The number of fused-ring (bicyclic) bond motifs is 20. The molecular weight excluding hydrogens is 965 g/mol. The van der Waals surface area contributed by atoms with Crippen LogP contribution in [0.25, 0.3) is 110 Å². The van der Waals surface area contributed by atoms with E-state index in [4.69, 9.17) is 13.3 Å². The van der Waals surface area contributed by atoms with Crippen LogP contribution in [0.1, 0.15) is 49.9 Å². The van der Waals surface area contributed by atoms with E-state index >= 15 is 0 Å². The molecule has 0 saturated heterocycles. The normalized spacial score (nSPS) is 14.0. The number of hydrogen-bond acceptors (Lipinski definition) is 5. The molecule has 0 unspecified atom stereocenters. The Hall–Kier alpha value is -9.84. The summed E-state index contributed by atoms with van der Waals surface area (Å²) in [7, 11) is 0. The Morgan fingerprint density at radius 3 is 1.24 bits per heavy atom. The zero-order valence-corrected chi connectivity index (χ0v) is 44.1. The number of nitrogens with zero attached hydrogens (tertiary/aromatic N) is 2. The number of para-hydroxylation sites is 4. The summed E-state index contributed by atoms with van der Waals surface area (Å²) in [6, 6.07) is 83.7. The van der Waals surface area contributed by atoms with Gasteiger partial charge in [-0.3, -0.25) is 0 Å². The lowest BCUT2D eigenvalue weighted by atomic mass is 9.82. The van der Waals surface area contributed by atoms with Gasteiger partial charge in [0.1, 0.15) is 22.3 Å². The average molecular weight is 1020 g/mol. The molecule has 0 N–H and O–H groups in total. The van der Waals surface area contributed by atoms with Crippen LogP contribution in [0.3, 0.4) is 0 Å². The smallest absolute Gasteiger partial charge is 0.159 e. The highest BCUT2D eigenvalue weighted by molar-refractivity contribution is 6.31. The van der Waals surface area contributed by atoms with Gasteiger partial charge in [-0.2, -0.15) is 0 Å². The van der Waals surface area contributed by atoms with Crippen molar-refractivity contribution in [2.75, 3.05) is 9.80 Å². The molecule has 0 spiro atoms. The third-order valence-corrected chi connectivity index (χ3v) is 17.8. The topological polar surface area (TPSA) is 45.9 Å². The van der Waals surface area contributed by atoms with Gasteiger partial charge in [-0.15, -0.1) is 0 Å². The van der Waals surface area contributed by atoms with Crippen LogP contribution in [0.4, 0.5) is 34.1 Å². The van der Waals surface area contributed by atoms with E-state index in [-0.39, 0.29) is 10.8 Å². The van der Waals surface area contributed by atoms with Crippen molar-refractivity contribution in [3.63, 3.8) is 0 Å². The first-order valence-electron chi connectivity index (χ1n) is 27.4. The van der Waals surface area contributed by atoms with Crippen LogP contribution in [-0.4, -0.2) is 0 Å². The van der Waals surface area contributed by atoms with Crippen LogP contribution in [-0.2, 0) is 10.8 Å². The average Bonchev–Trinajstić information content (AvgIpc) is 4.50. The van der Waals surface area contributed by atoms with Gasteiger partial charge < -0.3 is 23.1 Å². The first-order valence-corrected chi connectivity index (χ1v) is 27.4. The standard InChI is InChI=1S/C74H50N2O3/c1-73(2)60-25-11-7-18-48(60)50-35-31-44(40-62(50)73)75(64-27-15-23-55-52-20-9-13-29-66(52)77-70(55)64)43-33-37-57-59(39-43)47-17-5-6-22-54(47)69-58-38-34-46(42-68(58)79-72(57)69)76(65-28-16-24-56-53-21-10-14-30-67(53)78-71(56)65)45-32-36-51-49-19-8-12-26-61(49)74(3,4)63(51)41-45/h5-42H,1-4H3. The molecular formula is C74H50N2O3. The zero-order chi connectivity index (χ0) is 52.5. The molecule has 79 heavy (non-hydrogen) atoms. The van der Waals surface area contributed by atoms with E-state index in [2.05, 4.69) is 256 Å². The maximum absolute atomic E-state index is 7.31. The molecule has 374 valence electrons. The summed E-state index contributed by atoms with van der Waals surface area (Å²) in [5.41, 5.74) is 21.2. The monoisotopic (exact) mass is 1010 g/mol. The molecule has 0 saturated carbocycles. The number of benzene rings is 12. The van der Waals surface area contributed by atoms with Crippen molar-refractivity contribution in [3.05, 3.63) is 253 Å². The van der Waals surface area contributed by atoms with Crippen LogP contribution in [0.5, 0.6) is 0 Å². The van der Waals surface area contributed by atoms with Gasteiger partial charge in [0, 0.05) is 71.7 Å². The van der Waals surface area contributed by atoms with Gasteiger partial charge in [0.25, 0.3) is 0 Å². The first kappa shape index (κ1) is 44.3. The maximum Gasteiger partial charge on any atom is 0.159 e. The Kier molecular flexibility index (Phi) is 8.90. The minimum Gasteiger partial charge on any atom is -0.455 e. The Morgan fingerprint density at radius 1 is 0.266 bits per heavy atom. The number of hydrogen-bond donors (Lipinski definition) is 0. The molecule has 5 heteroatoms. The van der Waals surface area contributed by atoms with Gasteiger partial charge in [-0.05, 0) is 140 Å². The molecule has 12 aromatic carbocycles. The van der Waals surface area contributed by atoms with Gasteiger partial charge >= 0.3 is 0 Å². The second-order valence-corrected chi connectivity index (χ2v) is 22.7. The molecule has 0 radical (unpaired) electrons. The van der Waals surface area contributed by atoms with Crippen LogP contribution < -0.4 is 9.80 Å². The van der Waals surface area contributed by atoms with Crippen molar-refractivity contribution < 1.29 is 13.3 Å². The van der Waals surface area contributed by atoms with Crippen molar-refractivity contribution in [1.82, 2.24) is 0 Å². The van der Waals surface area contributed by atoms with Gasteiger partial charge in [0.15, 0.2) is 11.2 Å². The molecule has 2 aliphatic rings. The third-order valence-electron chi connectivity index (χ3n) is 17.8. The molecule has 0 amide bonds. The molecule has 0 fully saturated rings. The summed E-state index contributed by atoms with van der Waals surface area (Å²) < 4.78 is 21.0. The predicted octanol–water partition coefficient (Wildman–Crippen LogP) is 21.2. The minimum atomic E-state index is -0.188. The van der Waals surface area contributed by atoms with Crippen molar-refractivity contribution >= 4 is 121 Å². The first-order chi connectivity index (χ1) is 38.7. The molecule has 15 aromatic rings. The van der Waals surface area contributed by atoms with Crippen molar-refractivity contribution in [2.45, 2.75) is 38.5 Å². The lowest BCUT2D eigenvalue weighted by molar-refractivity contribution is 0.660. The Morgan fingerprint density at radius 2 is 0.671 bits per heavy atom. The van der Waals surface area contributed by atoms with E-state index in [1.54, 1.807) is 0 Å². The number of furan rings is 3. The number of anilines is 6. The summed E-state index contributed by atoms with van der Waals surface area (Å²) >= 11 is 0. The number of rotatable bonds is 6. The highest BCUT2D eigenvalue weighted by Gasteiger charge is 2.38. The Balaban J connectivity index is 0.873. The fraction of sp³-hybridized carbons (Fsp3) is 0.0811. The molecule has 0 atom stereocenters. The molecule has 17 rings (SSSR count). The zero-order valence-electron chi connectivity index (χ0n) is 44.1. The van der Waals surface area contributed by atoms with E-state index in [1.807, 2.05) is 12.1 Å². The van der Waals surface area contributed by atoms with Crippen LogP contribution in [0, 0.1) is 0 Å². The van der Waals surface area contributed by atoms with Gasteiger partial charge in [0.05, 0.1) is 17.1 Å². The quantitative estimate of drug-likeness (QED) is 0.155. The van der Waals surface area contributed by atoms with E-state index in [0.29, 0.717) is 0 Å². The molecule has 0 bridgehead atoms. The summed E-state index contributed by atoms with van der Waals surface area (Å²) in [5.74, 6) is 0. The molecule has 3 aromatic heterocycles. The maximum atomic E-state index is 7.31. The summed E-state index contributed by atoms with van der Waals surface area (Å²) in [6.07, 6.45) is 0. The van der Waals surface area contributed by atoms with Crippen molar-refractivity contribution in [3.8, 4) is 22.3 Å². The van der Waals surface area contributed by atoms with E-state index in [1.165, 1.54) is 44.5 Å². The fourth-order valence-corrected chi connectivity index (χ4v) is 14.0. The van der Waals surface area contributed by atoms with Gasteiger partial charge in [0.2, 0.25) is 0 Å². The molecule has 2 aliphatic carbocycles. The van der Waals surface area contributed by atoms with E-state index < -0.39 is 0 Å². The fourth-order valence-electron chi connectivity index (χ4n) is 14.0. The van der Waals surface area contributed by atoms with Crippen molar-refractivity contribution in [1.29, 1.82) is 0 Å². The van der Waals surface area contributed by atoms with Gasteiger partial charge in [-0.25, -0.2) is 0 Å². The highest BCUT2D eigenvalue weighted by atomic mass is 16.3. The molecule has 5 nitrogen and oxygen atoms in total. The highest BCUT2D eigenvalue weighted by Crippen LogP contribution is 2.55. The second kappa shape index (κ2) is 15.9. The van der Waals surface area contributed by atoms with E-state index in [9.17, 15) is 0 Å². The van der Waals surface area contributed by atoms with Crippen LogP contribution >= 0.6 is 0 Å². The Labute approximate surface area is 455 Å². The predicted molar refractivity (Wildman–Crippen MR) is 328 cm³/mol. The summed E-state index contributed by atoms with van der Waals surface area (Å²) in [6.45, 7) is 9.38. The largest absolute Gasteiger partial charge is 0.455 e. The van der Waals surface area contributed by atoms with Crippen LogP contribution in [0.2, 0.25) is 0 Å². The second-order valence-electron chi connectivity index (χ2n) is 22.7. The van der Waals surface area contributed by atoms with Crippen molar-refractivity contribution in [2.24, 2.45) is 0 Å². The lowest BCUT2D eigenvalue weighted by Gasteiger charge is -2.28. The minimum absolute atomic E-state index is 0.187. The summed E-state index contributed by atoms with van der Waals surface area (Å²) in [5, 5.41) is 11.0. The molecule has 3 heterocycles. The van der Waals surface area contributed by atoms with Crippen LogP contribution in [0.15, 0.2) is 244 Å². The van der Waals surface area contributed by atoms with E-state index in [0.717, 1.165) is 121 Å². The SMILES string of the molecule is CC1(C)c2ccccc2-c2ccc(N(c3ccc4c(c3)oc3c5ccc(N(c6ccc7c(c6)C(C)(C)c6ccccc6-7)c6cccc7c6oc6ccccc67)cc5c5ccccc5c43)c3cccc4c3oc3ccccc34)cc21. The third kappa shape index (κ3) is 6.10. The summed E-state index contributed by atoms with van der Waals surface area (Å²) in [4.78, 5) is 4.75. The van der Waals surface area contributed by atoms with Gasteiger partial charge in [-0.1, -0.05) is 173 Å². The molecule has 0 aliphatic heterocycles. The Bertz CT molecular complexity index is 5120. The lowest BCUT2D eigenvalue weighted by Crippen LogP contribution is -2.16.